The Morgan fingerprint density at radius 3 is 2.32 bits per heavy atom. The average Bonchev–Trinajstić information content (AvgIpc) is 2.38. The van der Waals surface area contributed by atoms with E-state index in [9.17, 15) is 0 Å². The Hall–Kier alpha value is -1.09. The normalized spacial score (nSPS) is 21.7. The maximum absolute atomic E-state index is 4.64. The molecule has 0 unspecified atom stereocenters. The molecule has 0 atom stereocenters. The lowest BCUT2D eigenvalue weighted by molar-refractivity contribution is 0.120. The summed E-state index contributed by atoms with van der Waals surface area (Å²) < 4.78 is 0. The molecule has 104 valence electrons. The van der Waals surface area contributed by atoms with Crippen LogP contribution in [0.1, 0.15) is 44.6 Å². The van der Waals surface area contributed by atoms with Gasteiger partial charge in [0.15, 0.2) is 0 Å². The maximum Gasteiger partial charge on any atom is 0.128 e. The molecule has 1 saturated carbocycles. The van der Waals surface area contributed by atoms with Crippen LogP contribution in [0.15, 0.2) is 18.3 Å². The van der Waals surface area contributed by atoms with Gasteiger partial charge in [0.1, 0.15) is 5.82 Å². The van der Waals surface area contributed by atoms with Crippen LogP contribution in [0, 0.1) is 0 Å². The first kappa shape index (κ1) is 12.9. The van der Waals surface area contributed by atoms with Crippen LogP contribution in [0.25, 0.3) is 0 Å². The molecule has 0 aromatic carbocycles. The smallest absolute Gasteiger partial charge is 0.128 e. The molecule has 0 N–H and O–H groups in total. The topological polar surface area (TPSA) is 19.4 Å². The van der Waals surface area contributed by atoms with Gasteiger partial charge in [0, 0.05) is 38.4 Å². The summed E-state index contributed by atoms with van der Waals surface area (Å²) in [4.78, 5) is 9.73. The van der Waals surface area contributed by atoms with Gasteiger partial charge in [-0.2, -0.15) is 0 Å². The summed E-state index contributed by atoms with van der Waals surface area (Å²) in [5, 5.41) is 0. The van der Waals surface area contributed by atoms with E-state index in [1.165, 1.54) is 37.9 Å². The highest BCUT2D eigenvalue weighted by molar-refractivity contribution is 5.40. The van der Waals surface area contributed by atoms with Crippen LogP contribution in [0.4, 0.5) is 5.82 Å². The third-order valence-electron chi connectivity index (χ3n) is 4.67. The van der Waals surface area contributed by atoms with E-state index in [4.69, 9.17) is 0 Å². The standard InChI is InChI=1S/C16H25N3/c1-13(2)14-6-7-16(17-12-14)19-10-8-18(9-11-19)15-4-3-5-15/h6-7,12-13,15H,3-5,8-11H2,1-2H3. The predicted octanol–water partition coefficient (Wildman–Crippen LogP) is 2.88. The molecule has 3 rings (SSSR count). The SMILES string of the molecule is CC(C)c1ccc(N2CCN(C3CCC3)CC2)nc1. The van der Waals surface area contributed by atoms with Crippen molar-refractivity contribution in [3.05, 3.63) is 23.9 Å². The first-order valence-electron chi connectivity index (χ1n) is 7.69. The third kappa shape index (κ3) is 2.76. The predicted molar refractivity (Wildman–Crippen MR) is 79.8 cm³/mol. The van der Waals surface area contributed by atoms with E-state index in [1.807, 2.05) is 6.20 Å². The van der Waals surface area contributed by atoms with Crippen LogP contribution in [0.2, 0.25) is 0 Å². The molecular formula is C16H25N3. The number of pyridine rings is 1. The lowest BCUT2D eigenvalue weighted by Crippen LogP contribution is -2.52. The summed E-state index contributed by atoms with van der Waals surface area (Å²) in [6.07, 6.45) is 6.31. The van der Waals surface area contributed by atoms with E-state index >= 15 is 0 Å². The average molecular weight is 259 g/mol. The highest BCUT2D eigenvalue weighted by Gasteiger charge is 2.28. The largest absolute Gasteiger partial charge is 0.354 e. The second-order valence-corrected chi connectivity index (χ2v) is 6.21. The first-order chi connectivity index (χ1) is 9.24. The van der Waals surface area contributed by atoms with E-state index < -0.39 is 0 Å². The number of piperazine rings is 1. The minimum Gasteiger partial charge on any atom is -0.354 e. The van der Waals surface area contributed by atoms with Crippen molar-refractivity contribution in [3.8, 4) is 0 Å². The lowest BCUT2D eigenvalue weighted by Gasteiger charge is -2.43. The molecule has 1 aromatic heterocycles. The Balaban J connectivity index is 1.58. The van der Waals surface area contributed by atoms with Crippen LogP contribution in [0.3, 0.4) is 0 Å². The molecule has 0 bridgehead atoms. The summed E-state index contributed by atoms with van der Waals surface area (Å²) in [6.45, 7) is 9.10. The van der Waals surface area contributed by atoms with Crippen molar-refractivity contribution >= 4 is 5.82 Å². The Morgan fingerprint density at radius 1 is 1.11 bits per heavy atom. The quantitative estimate of drug-likeness (QED) is 0.832. The zero-order chi connectivity index (χ0) is 13.2. The van der Waals surface area contributed by atoms with E-state index in [0.717, 1.165) is 24.9 Å². The fraction of sp³-hybridized carbons (Fsp3) is 0.688. The van der Waals surface area contributed by atoms with Crippen molar-refractivity contribution in [1.82, 2.24) is 9.88 Å². The van der Waals surface area contributed by atoms with Crippen LogP contribution < -0.4 is 4.90 Å². The lowest BCUT2D eigenvalue weighted by atomic mass is 9.91. The van der Waals surface area contributed by atoms with Gasteiger partial charge >= 0.3 is 0 Å². The first-order valence-corrected chi connectivity index (χ1v) is 7.69. The van der Waals surface area contributed by atoms with Crippen molar-refractivity contribution < 1.29 is 0 Å². The Morgan fingerprint density at radius 2 is 1.84 bits per heavy atom. The highest BCUT2D eigenvalue weighted by atomic mass is 15.3. The fourth-order valence-corrected chi connectivity index (χ4v) is 2.99. The summed E-state index contributed by atoms with van der Waals surface area (Å²) in [7, 11) is 0. The van der Waals surface area contributed by atoms with Gasteiger partial charge in [-0.05, 0) is 30.4 Å². The Labute approximate surface area is 116 Å². The van der Waals surface area contributed by atoms with Crippen LogP contribution in [-0.2, 0) is 0 Å². The van der Waals surface area contributed by atoms with Gasteiger partial charge in [-0.25, -0.2) is 4.98 Å². The molecule has 0 spiro atoms. The molecule has 2 heterocycles. The molecule has 1 aromatic rings. The second kappa shape index (κ2) is 5.49. The van der Waals surface area contributed by atoms with Gasteiger partial charge in [-0.3, -0.25) is 4.90 Å². The van der Waals surface area contributed by atoms with Crippen LogP contribution >= 0.6 is 0 Å². The highest BCUT2D eigenvalue weighted by Crippen LogP contribution is 2.26. The Kier molecular flexibility index (Phi) is 3.74. The molecule has 1 aliphatic carbocycles. The van der Waals surface area contributed by atoms with Gasteiger partial charge in [0.25, 0.3) is 0 Å². The maximum atomic E-state index is 4.64. The van der Waals surface area contributed by atoms with Crippen molar-refractivity contribution in [2.75, 3.05) is 31.1 Å². The molecule has 1 aliphatic heterocycles. The van der Waals surface area contributed by atoms with E-state index in [0.29, 0.717) is 5.92 Å². The summed E-state index contributed by atoms with van der Waals surface area (Å²) in [6, 6.07) is 5.30. The molecular weight excluding hydrogens is 234 g/mol. The molecule has 0 radical (unpaired) electrons. The monoisotopic (exact) mass is 259 g/mol. The van der Waals surface area contributed by atoms with Gasteiger partial charge in [0.05, 0.1) is 0 Å². The fourth-order valence-electron chi connectivity index (χ4n) is 2.99. The van der Waals surface area contributed by atoms with Gasteiger partial charge < -0.3 is 4.90 Å². The third-order valence-corrected chi connectivity index (χ3v) is 4.67. The van der Waals surface area contributed by atoms with Gasteiger partial charge in [-0.1, -0.05) is 26.3 Å². The van der Waals surface area contributed by atoms with Gasteiger partial charge in [0.2, 0.25) is 0 Å². The number of aromatic nitrogens is 1. The number of nitrogens with zero attached hydrogens (tertiary/aromatic N) is 3. The molecule has 0 amide bonds. The van der Waals surface area contributed by atoms with Gasteiger partial charge in [-0.15, -0.1) is 0 Å². The molecule has 2 aliphatic rings. The molecule has 3 heteroatoms. The zero-order valence-electron chi connectivity index (χ0n) is 12.2. The molecule has 3 nitrogen and oxygen atoms in total. The Bertz CT molecular complexity index is 401. The number of rotatable bonds is 3. The van der Waals surface area contributed by atoms with Crippen molar-refractivity contribution in [2.45, 2.75) is 45.1 Å². The molecule has 1 saturated heterocycles. The van der Waals surface area contributed by atoms with E-state index in [1.54, 1.807) is 0 Å². The summed E-state index contributed by atoms with van der Waals surface area (Å²) in [5.74, 6) is 1.72. The number of hydrogen-bond acceptors (Lipinski definition) is 3. The van der Waals surface area contributed by atoms with Crippen LogP contribution in [-0.4, -0.2) is 42.1 Å². The summed E-state index contributed by atoms with van der Waals surface area (Å²) in [5.41, 5.74) is 1.33. The number of hydrogen-bond donors (Lipinski definition) is 0. The zero-order valence-corrected chi connectivity index (χ0v) is 12.2. The molecule has 2 fully saturated rings. The minimum atomic E-state index is 0.567. The van der Waals surface area contributed by atoms with E-state index in [-0.39, 0.29) is 0 Å². The second-order valence-electron chi connectivity index (χ2n) is 6.21. The number of anilines is 1. The van der Waals surface area contributed by atoms with Crippen LogP contribution in [0.5, 0.6) is 0 Å². The minimum absolute atomic E-state index is 0.567. The molecule has 19 heavy (non-hydrogen) atoms. The van der Waals surface area contributed by atoms with Crippen molar-refractivity contribution in [3.63, 3.8) is 0 Å². The van der Waals surface area contributed by atoms with E-state index in [2.05, 4.69) is 40.8 Å². The van der Waals surface area contributed by atoms with Crippen molar-refractivity contribution in [2.24, 2.45) is 0 Å². The summed E-state index contributed by atoms with van der Waals surface area (Å²) >= 11 is 0. The van der Waals surface area contributed by atoms with Crippen molar-refractivity contribution in [1.29, 1.82) is 0 Å².